The maximum absolute atomic E-state index is 13.1. The van der Waals surface area contributed by atoms with Gasteiger partial charge in [-0.15, -0.1) is 0 Å². The van der Waals surface area contributed by atoms with E-state index in [0.29, 0.717) is 36.6 Å². The average molecular weight is 410 g/mol. The first-order chi connectivity index (χ1) is 14.6. The van der Waals surface area contributed by atoms with Crippen molar-refractivity contribution in [3.8, 4) is 11.5 Å². The van der Waals surface area contributed by atoms with E-state index in [1.54, 1.807) is 16.9 Å². The number of benzene rings is 1. The molecule has 0 bridgehead atoms. The molecule has 2 aromatic heterocycles. The fourth-order valence-corrected chi connectivity index (χ4v) is 3.56. The number of aliphatic hydroxyl groups is 1. The molecule has 2 N–H and O–H groups in total. The van der Waals surface area contributed by atoms with Crippen LogP contribution in [-0.2, 0) is 6.42 Å². The quantitative estimate of drug-likeness (QED) is 0.648. The summed E-state index contributed by atoms with van der Waals surface area (Å²) in [6, 6.07) is 5.60. The summed E-state index contributed by atoms with van der Waals surface area (Å²) < 4.78 is 13.1. The van der Waals surface area contributed by atoms with Gasteiger partial charge in [0.1, 0.15) is 5.56 Å². The van der Waals surface area contributed by atoms with E-state index >= 15 is 0 Å². The molecular weight excluding hydrogens is 384 g/mol. The Morgan fingerprint density at radius 1 is 1.23 bits per heavy atom. The number of carbonyl (C=O) groups excluding carboxylic acids is 1. The first-order valence-electron chi connectivity index (χ1n) is 10.2. The molecule has 3 aromatic rings. The molecule has 4 rings (SSSR count). The number of carbonyl (C=O) groups is 1. The van der Waals surface area contributed by atoms with Gasteiger partial charge >= 0.3 is 0 Å². The van der Waals surface area contributed by atoms with Crippen LogP contribution >= 0.6 is 0 Å². The normalized spacial score (nSPS) is 14.5. The molecule has 0 fully saturated rings. The Hall–Kier alpha value is -3.13. The lowest BCUT2D eigenvalue weighted by Gasteiger charge is -2.23. The van der Waals surface area contributed by atoms with Crippen molar-refractivity contribution in [1.82, 2.24) is 19.9 Å². The number of amides is 1. The molecule has 0 saturated carbocycles. The van der Waals surface area contributed by atoms with Crippen LogP contribution in [0.5, 0.6) is 11.5 Å². The summed E-state index contributed by atoms with van der Waals surface area (Å²) in [5.74, 6) is 1.36. The summed E-state index contributed by atoms with van der Waals surface area (Å²) in [6.45, 7) is 5.40. The minimum Gasteiger partial charge on any atom is -0.490 e. The van der Waals surface area contributed by atoms with E-state index in [9.17, 15) is 4.79 Å². The fraction of sp³-hybridized carbons (Fsp3) is 0.409. The predicted molar refractivity (Wildman–Crippen MR) is 111 cm³/mol. The van der Waals surface area contributed by atoms with Gasteiger partial charge in [0, 0.05) is 25.4 Å². The molecule has 1 aliphatic heterocycles. The Kier molecular flexibility index (Phi) is 5.85. The highest BCUT2D eigenvalue weighted by atomic mass is 16.5. The van der Waals surface area contributed by atoms with Crippen LogP contribution in [0, 0.1) is 5.92 Å². The van der Waals surface area contributed by atoms with E-state index in [-0.39, 0.29) is 24.5 Å². The maximum Gasteiger partial charge on any atom is 0.257 e. The van der Waals surface area contributed by atoms with Gasteiger partial charge < -0.3 is 19.9 Å². The van der Waals surface area contributed by atoms with Crippen molar-refractivity contribution in [1.29, 1.82) is 0 Å². The number of rotatable bonds is 6. The van der Waals surface area contributed by atoms with Gasteiger partial charge in [0.25, 0.3) is 5.91 Å². The van der Waals surface area contributed by atoms with Crippen molar-refractivity contribution in [2.75, 3.05) is 19.8 Å². The van der Waals surface area contributed by atoms with Gasteiger partial charge in [-0.1, -0.05) is 19.9 Å². The molecule has 3 heterocycles. The predicted octanol–water partition coefficient (Wildman–Crippen LogP) is 2.55. The van der Waals surface area contributed by atoms with Gasteiger partial charge in [-0.2, -0.15) is 5.10 Å². The van der Waals surface area contributed by atoms with Gasteiger partial charge in [0.2, 0.25) is 0 Å². The molecule has 1 amide bonds. The largest absolute Gasteiger partial charge is 0.490 e. The zero-order valence-electron chi connectivity index (χ0n) is 17.2. The third kappa shape index (κ3) is 4.09. The molecule has 0 saturated heterocycles. The Bertz CT molecular complexity index is 1050. The number of aromatic nitrogens is 3. The molecule has 0 spiro atoms. The highest BCUT2D eigenvalue weighted by Gasteiger charge is 2.23. The van der Waals surface area contributed by atoms with Crippen LogP contribution < -0.4 is 14.8 Å². The summed E-state index contributed by atoms with van der Waals surface area (Å²) in [6.07, 6.45) is 6.29. The van der Waals surface area contributed by atoms with E-state index in [0.717, 1.165) is 23.3 Å². The molecule has 158 valence electrons. The summed E-state index contributed by atoms with van der Waals surface area (Å²) in [4.78, 5) is 17.4. The molecule has 1 atom stereocenters. The van der Waals surface area contributed by atoms with Crippen molar-refractivity contribution >= 4 is 11.6 Å². The van der Waals surface area contributed by atoms with Crippen LogP contribution in [0.4, 0.5) is 0 Å². The lowest BCUT2D eigenvalue weighted by Crippen LogP contribution is -2.31. The Morgan fingerprint density at radius 2 is 2.03 bits per heavy atom. The van der Waals surface area contributed by atoms with Crippen LogP contribution in [0.2, 0.25) is 0 Å². The second-order valence-electron chi connectivity index (χ2n) is 7.71. The molecule has 30 heavy (non-hydrogen) atoms. The van der Waals surface area contributed by atoms with Crippen LogP contribution in [0.15, 0.2) is 36.8 Å². The van der Waals surface area contributed by atoms with Crippen LogP contribution in [0.1, 0.15) is 47.8 Å². The summed E-state index contributed by atoms with van der Waals surface area (Å²) in [7, 11) is 0. The molecule has 1 aromatic carbocycles. The smallest absolute Gasteiger partial charge is 0.257 e. The van der Waals surface area contributed by atoms with E-state index in [4.69, 9.17) is 14.6 Å². The average Bonchev–Trinajstić information content (AvgIpc) is 3.01. The number of ether oxygens (including phenoxy) is 2. The van der Waals surface area contributed by atoms with Crippen LogP contribution in [0.3, 0.4) is 0 Å². The van der Waals surface area contributed by atoms with E-state index in [1.807, 2.05) is 18.2 Å². The first kappa shape index (κ1) is 20.2. The van der Waals surface area contributed by atoms with E-state index < -0.39 is 0 Å². The van der Waals surface area contributed by atoms with Gasteiger partial charge in [-0.05, 0) is 35.6 Å². The van der Waals surface area contributed by atoms with E-state index in [1.165, 1.54) is 6.20 Å². The number of fused-ring (bicyclic) bond motifs is 2. The molecule has 8 nitrogen and oxygen atoms in total. The maximum atomic E-state index is 13.1. The molecule has 0 unspecified atom stereocenters. The SMILES string of the molecule is CC(C)[C@@H](NC(=O)c1cnn2cc(CCO)cnc12)c1ccc2c(c1)OCCCO2. The van der Waals surface area contributed by atoms with Crippen molar-refractivity contribution in [3.05, 3.63) is 53.5 Å². The number of nitrogens with zero attached hydrogens (tertiary/aromatic N) is 3. The third-order valence-corrected chi connectivity index (χ3v) is 5.14. The Labute approximate surface area is 174 Å². The van der Waals surface area contributed by atoms with Crippen LogP contribution in [-0.4, -0.2) is 45.4 Å². The third-order valence-electron chi connectivity index (χ3n) is 5.14. The lowest BCUT2D eigenvalue weighted by atomic mass is 9.95. The van der Waals surface area contributed by atoms with Crippen LogP contribution in [0.25, 0.3) is 5.65 Å². The van der Waals surface area contributed by atoms with Crippen molar-refractivity contribution in [2.24, 2.45) is 5.92 Å². The minimum absolute atomic E-state index is 0.0351. The lowest BCUT2D eigenvalue weighted by molar-refractivity contribution is 0.0927. The standard InChI is InChI=1S/C22H26N4O4/c1-14(2)20(16-4-5-18-19(10-16)30-9-3-8-29-18)25-22(28)17-12-24-26-13-15(6-7-27)11-23-21(17)26/h4-5,10-14,20,27H,3,6-9H2,1-2H3,(H,25,28)/t20-/m1/s1. The number of hydrogen-bond acceptors (Lipinski definition) is 6. The topological polar surface area (TPSA) is 98.0 Å². The molecule has 8 heteroatoms. The van der Waals surface area contributed by atoms with E-state index in [2.05, 4.69) is 29.2 Å². The van der Waals surface area contributed by atoms with Crippen molar-refractivity contribution < 1.29 is 19.4 Å². The molecule has 0 aliphatic carbocycles. The summed E-state index contributed by atoms with van der Waals surface area (Å²) in [5, 5.41) is 16.5. The highest BCUT2D eigenvalue weighted by Crippen LogP contribution is 2.34. The second-order valence-corrected chi connectivity index (χ2v) is 7.71. The van der Waals surface area contributed by atoms with Gasteiger partial charge in [0.05, 0.1) is 25.5 Å². The molecule has 1 aliphatic rings. The minimum atomic E-state index is -0.238. The monoisotopic (exact) mass is 410 g/mol. The summed E-state index contributed by atoms with van der Waals surface area (Å²) >= 11 is 0. The number of hydrogen-bond donors (Lipinski definition) is 2. The fourth-order valence-electron chi connectivity index (χ4n) is 3.56. The zero-order chi connectivity index (χ0) is 21.1. The molecule has 0 radical (unpaired) electrons. The Balaban J connectivity index is 1.59. The second kappa shape index (κ2) is 8.71. The first-order valence-corrected chi connectivity index (χ1v) is 10.2. The number of aliphatic hydroxyl groups excluding tert-OH is 1. The zero-order valence-corrected chi connectivity index (χ0v) is 17.2. The molecular formula is C22H26N4O4. The Morgan fingerprint density at radius 3 is 2.80 bits per heavy atom. The van der Waals surface area contributed by atoms with Crippen molar-refractivity contribution in [3.63, 3.8) is 0 Å². The van der Waals surface area contributed by atoms with Gasteiger partial charge in [-0.25, -0.2) is 9.50 Å². The summed E-state index contributed by atoms with van der Waals surface area (Å²) in [5.41, 5.74) is 2.70. The number of nitrogens with one attached hydrogen (secondary N) is 1. The highest BCUT2D eigenvalue weighted by molar-refractivity contribution is 5.99. The van der Waals surface area contributed by atoms with Gasteiger partial charge in [0.15, 0.2) is 17.1 Å². The van der Waals surface area contributed by atoms with Gasteiger partial charge in [-0.3, -0.25) is 4.79 Å². The van der Waals surface area contributed by atoms with Crippen molar-refractivity contribution in [2.45, 2.75) is 32.7 Å².